The molecule has 0 bridgehead atoms. The summed E-state index contributed by atoms with van der Waals surface area (Å²) < 4.78 is 15.2. The lowest BCUT2D eigenvalue weighted by Gasteiger charge is -2.05. The number of anilines is 1. The van der Waals surface area contributed by atoms with Crippen molar-refractivity contribution in [3.63, 3.8) is 0 Å². The van der Waals surface area contributed by atoms with E-state index in [1.165, 1.54) is 29.2 Å². The molecule has 0 aliphatic rings. The normalized spacial score (nSPS) is 10.6. The standard InChI is InChI=1S/C15H12ClFN6O/c1-9-5-19-10(6-18-9)7-23-8-20-14(22-23)15(24)21-12-4-2-3-11(16)13(12)17/h2-6,8H,7H2,1H3,(H,21,24). The van der Waals surface area contributed by atoms with Gasteiger partial charge in [0.2, 0.25) is 5.82 Å². The molecule has 7 nitrogen and oxygen atoms in total. The van der Waals surface area contributed by atoms with Crippen molar-refractivity contribution in [2.45, 2.75) is 13.5 Å². The predicted octanol–water partition coefficient (Wildman–Crippen LogP) is 2.47. The summed E-state index contributed by atoms with van der Waals surface area (Å²) in [6.07, 6.45) is 4.66. The lowest BCUT2D eigenvalue weighted by atomic mass is 10.3. The third kappa shape index (κ3) is 3.54. The second kappa shape index (κ2) is 6.71. The van der Waals surface area contributed by atoms with Gasteiger partial charge in [0, 0.05) is 6.20 Å². The number of nitrogens with zero attached hydrogens (tertiary/aromatic N) is 5. The predicted molar refractivity (Wildman–Crippen MR) is 85.3 cm³/mol. The van der Waals surface area contributed by atoms with Gasteiger partial charge in [0.05, 0.1) is 34.8 Å². The van der Waals surface area contributed by atoms with Gasteiger partial charge in [-0.05, 0) is 19.1 Å². The average Bonchev–Trinajstić information content (AvgIpc) is 3.03. The quantitative estimate of drug-likeness (QED) is 0.784. The molecule has 1 N–H and O–H groups in total. The van der Waals surface area contributed by atoms with Gasteiger partial charge in [-0.2, -0.15) is 0 Å². The molecule has 1 aromatic carbocycles. The van der Waals surface area contributed by atoms with Gasteiger partial charge in [0.15, 0.2) is 5.82 Å². The van der Waals surface area contributed by atoms with Crippen molar-refractivity contribution in [3.05, 3.63) is 65.0 Å². The van der Waals surface area contributed by atoms with Crippen LogP contribution in [0.5, 0.6) is 0 Å². The van der Waals surface area contributed by atoms with E-state index in [9.17, 15) is 9.18 Å². The Bertz CT molecular complexity index is 880. The summed E-state index contributed by atoms with van der Waals surface area (Å²) in [7, 11) is 0. The van der Waals surface area contributed by atoms with Crippen molar-refractivity contribution in [2.24, 2.45) is 0 Å². The number of hydrogen-bond donors (Lipinski definition) is 1. The first-order valence-electron chi connectivity index (χ1n) is 6.95. The van der Waals surface area contributed by atoms with Crippen LogP contribution in [0.4, 0.5) is 10.1 Å². The zero-order valence-electron chi connectivity index (χ0n) is 12.6. The smallest absolute Gasteiger partial charge is 0.295 e. The largest absolute Gasteiger partial charge is 0.317 e. The summed E-state index contributed by atoms with van der Waals surface area (Å²) in [5.41, 5.74) is 1.45. The fraction of sp³-hybridized carbons (Fsp3) is 0.133. The fourth-order valence-electron chi connectivity index (χ4n) is 1.92. The minimum absolute atomic E-state index is 0.0340. The summed E-state index contributed by atoms with van der Waals surface area (Å²) in [4.78, 5) is 24.3. The van der Waals surface area contributed by atoms with Crippen molar-refractivity contribution in [1.29, 1.82) is 0 Å². The molecular weight excluding hydrogens is 335 g/mol. The van der Waals surface area contributed by atoms with E-state index >= 15 is 0 Å². The van der Waals surface area contributed by atoms with Gasteiger partial charge >= 0.3 is 0 Å². The van der Waals surface area contributed by atoms with Crippen LogP contribution in [-0.2, 0) is 6.54 Å². The summed E-state index contributed by atoms with van der Waals surface area (Å²) >= 11 is 5.67. The van der Waals surface area contributed by atoms with Crippen molar-refractivity contribution in [3.8, 4) is 0 Å². The van der Waals surface area contributed by atoms with Gasteiger partial charge in [0.1, 0.15) is 6.33 Å². The van der Waals surface area contributed by atoms with Crippen LogP contribution >= 0.6 is 11.6 Å². The van der Waals surface area contributed by atoms with Crippen LogP contribution in [0.3, 0.4) is 0 Å². The van der Waals surface area contributed by atoms with Crippen LogP contribution in [-0.4, -0.2) is 30.6 Å². The second-order valence-corrected chi connectivity index (χ2v) is 5.38. The molecule has 24 heavy (non-hydrogen) atoms. The Labute approximate surface area is 141 Å². The van der Waals surface area contributed by atoms with E-state index < -0.39 is 11.7 Å². The highest BCUT2D eigenvalue weighted by Gasteiger charge is 2.15. The van der Waals surface area contributed by atoms with E-state index in [0.29, 0.717) is 12.2 Å². The van der Waals surface area contributed by atoms with Gasteiger partial charge in [0.25, 0.3) is 5.91 Å². The lowest BCUT2D eigenvalue weighted by Crippen LogP contribution is -2.15. The van der Waals surface area contributed by atoms with Crippen LogP contribution in [0.15, 0.2) is 36.9 Å². The van der Waals surface area contributed by atoms with E-state index in [1.807, 2.05) is 6.92 Å². The van der Waals surface area contributed by atoms with Crippen molar-refractivity contribution in [1.82, 2.24) is 24.7 Å². The Morgan fingerprint density at radius 1 is 1.29 bits per heavy atom. The van der Waals surface area contributed by atoms with Gasteiger partial charge in [-0.25, -0.2) is 14.1 Å². The Morgan fingerprint density at radius 2 is 2.12 bits per heavy atom. The molecule has 0 radical (unpaired) electrons. The molecule has 2 heterocycles. The van der Waals surface area contributed by atoms with Gasteiger partial charge in [-0.3, -0.25) is 14.8 Å². The molecular formula is C15H12ClFN6O. The van der Waals surface area contributed by atoms with E-state index in [2.05, 4.69) is 25.4 Å². The first kappa shape index (κ1) is 16.0. The van der Waals surface area contributed by atoms with Gasteiger partial charge in [-0.1, -0.05) is 17.7 Å². The first-order chi connectivity index (χ1) is 11.5. The monoisotopic (exact) mass is 346 g/mol. The molecule has 0 atom stereocenters. The Kier molecular flexibility index (Phi) is 4.48. The fourth-order valence-corrected chi connectivity index (χ4v) is 2.09. The SMILES string of the molecule is Cc1cnc(Cn2cnc(C(=O)Nc3cccc(Cl)c3F)n2)cn1. The summed E-state index contributed by atoms with van der Waals surface area (Å²) in [5, 5.41) is 6.35. The Hall–Kier alpha value is -2.87. The lowest BCUT2D eigenvalue weighted by molar-refractivity contribution is 0.101. The van der Waals surface area contributed by atoms with Crippen LogP contribution in [0.2, 0.25) is 5.02 Å². The van der Waals surface area contributed by atoms with Crippen LogP contribution < -0.4 is 5.32 Å². The molecule has 9 heteroatoms. The molecule has 2 aromatic heterocycles. The van der Waals surface area contributed by atoms with Crippen LogP contribution in [0.25, 0.3) is 0 Å². The maximum absolute atomic E-state index is 13.8. The number of carbonyl (C=O) groups is 1. The molecule has 0 aliphatic carbocycles. The van der Waals surface area contributed by atoms with E-state index in [1.54, 1.807) is 12.4 Å². The molecule has 0 saturated heterocycles. The number of aryl methyl sites for hydroxylation is 1. The molecule has 0 spiro atoms. The number of amides is 1. The minimum Gasteiger partial charge on any atom is -0.317 e. The zero-order valence-corrected chi connectivity index (χ0v) is 13.3. The van der Waals surface area contributed by atoms with E-state index in [0.717, 1.165) is 5.69 Å². The number of hydrogen-bond acceptors (Lipinski definition) is 5. The maximum atomic E-state index is 13.8. The molecule has 1 amide bonds. The Balaban J connectivity index is 1.71. The zero-order chi connectivity index (χ0) is 17.1. The summed E-state index contributed by atoms with van der Waals surface area (Å²) in [6.45, 7) is 2.16. The third-order valence-electron chi connectivity index (χ3n) is 3.10. The molecule has 3 rings (SSSR count). The first-order valence-corrected chi connectivity index (χ1v) is 7.33. The number of carbonyl (C=O) groups excluding carboxylic acids is 1. The molecule has 3 aromatic rings. The van der Waals surface area contributed by atoms with Crippen molar-refractivity contribution < 1.29 is 9.18 Å². The van der Waals surface area contributed by atoms with E-state index in [-0.39, 0.29) is 16.5 Å². The average molecular weight is 347 g/mol. The van der Waals surface area contributed by atoms with Gasteiger partial charge in [-0.15, -0.1) is 5.10 Å². The second-order valence-electron chi connectivity index (χ2n) is 4.97. The molecule has 122 valence electrons. The topological polar surface area (TPSA) is 85.6 Å². The number of aromatic nitrogens is 5. The van der Waals surface area contributed by atoms with Gasteiger partial charge < -0.3 is 5.32 Å². The summed E-state index contributed by atoms with van der Waals surface area (Å²) in [6, 6.07) is 4.32. The van der Waals surface area contributed by atoms with Crippen molar-refractivity contribution >= 4 is 23.2 Å². The molecule has 0 saturated carbocycles. The minimum atomic E-state index is -0.707. The molecule has 0 unspecified atom stereocenters. The number of nitrogens with one attached hydrogen (secondary N) is 1. The van der Waals surface area contributed by atoms with Crippen molar-refractivity contribution in [2.75, 3.05) is 5.32 Å². The summed E-state index contributed by atoms with van der Waals surface area (Å²) in [5.74, 6) is -1.43. The number of halogens is 2. The van der Waals surface area contributed by atoms with Crippen LogP contribution in [0.1, 0.15) is 22.0 Å². The molecule has 0 fully saturated rings. The van der Waals surface area contributed by atoms with Crippen LogP contribution in [0, 0.1) is 12.7 Å². The maximum Gasteiger partial charge on any atom is 0.295 e. The Morgan fingerprint density at radius 3 is 2.88 bits per heavy atom. The highest BCUT2D eigenvalue weighted by molar-refractivity contribution is 6.31. The molecule has 0 aliphatic heterocycles. The number of benzene rings is 1. The van der Waals surface area contributed by atoms with E-state index in [4.69, 9.17) is 11.6 Å². The highest BCUT2D eigenvalue weighted by atomic mass is 35.5. The third-order valence-corrected chi connectivity index (χ3v) is 3.39. The highest BCUT2D eigenvalue weighted by Crippen LogP contribution is 2.22. The number of rotatable bonds is 4.